The maximum absolute atomic E-state index is 14.8. The number of carboxylic acid groups (broad SMARTS) is 1. The molecule has 2 aromatic heterocycles. The lowest BCUT2D eigenvalue weighted by Gasteiger charge is -2.22. The van der Waals surface area contributed by atoms with Crippen molar-refractivity contribution in [1.82, 2.24) is 14.9 Å². The van der Waals surface area contributed by atoms with E-state index in [9.17, 15) is 54.6 Å². The SMILES string of the molecule is CCC(Nc1cc(F)c(C(=O)NC(Cc2ccc(-c3c(C(F)(F)F)cc(C)n(C)c3=O)c3ncccc23)C(=O)O)c(F)c1)C(F)(F)F. The van der Waals surface area contributed by atoms with Crippen molar-refractivity contribution in [1.29, 1.82) is 0 Å². The number of fused-ring (bicyclic) bond motifs is 1. The first-order chi connectivity index (χ1) is 21.8. The molecule has 1 amide bonds. The highest BCUT2D eigenvalue weighted by molar-refractivity contribution is 5.99. The Morgan fingerprint density at radius 2 is 1.66 bits per heavy atom. The molecule has 0 radical (unpaired) electrons. The lowest BCUT2D eigenvalue weighted by Crippen LogP contribution is -2.43. The van der Waals surface area contributed by atoms with Crippen LogP contribution in [0.5, 0.6) is 0 Å². The van der Waals surface area contributed by atoms with Gasteiger partial charge < -0.3 is 20.3 Å². The molecule has 2 aromatic carbocycles. The third-order valence-electron chi connectivity index (χ3n) is 7.55. The summed E-state index contributed by atoms with van der Waals surface area (Å²) in [7, 11) is 1.30. The number of aryl methyl sites for hydroxylation is 1. The van der Waals surface area contributed by atoms with Gasteiger partial charge in [0.15, 0.2) is 0 Å². The third-order valence-corrected chi connectivity index (χ3v) is 7.55. The van der Waals surface area contributed by atoms with Gasteiger partial charge in [0.1, 0.15) is 29.3 Å². The first kappa shape index (κ1) is 34.8. The van der Waals surface area contributed by atoms with Gasteiger partial charge in [0.2, 0.25) is 0 Å². The monoisotopic (exact) mass is 670 g/mol. The fourth-order valence-electron chi connectivity index (χ4n) is 5.06. The van der Waals surface area contributed by atoms with Crippen molar-refractivity contribution in [2.45, 2.75) is 51.1 Å². The summed E-state index contributed by atoms with van der Waals surface area (Å²) in [6, 6.07) is 2.97. The predicted molar refractivity (Wildman–Crippen MR) is 155 cm³/mol. The lowest BCUT2D eigenvalue weighted by atomic mass is 9.93. The number of nitrogens with one attached hydrogen (secondary N) is 2. The summed E-state index contributed by atoms with van der Waals surface area (Å²) in [4.78, 5) is 42.2. The second-order valence-corrected chi connectivity index (χ2v) is 10.6. The van der Waals surface area contributed by atoms with E-state index in [1.54, 1.807) is 0 Å². The molecule has 4 aromatic rings. The van der Waals surface area contributed by atoms with Crippen LogP contribution in [0.25, 0.3) is 22.0 Å². The summed E-state index contributed by atoms with van der Waals surface area (Å²) in [6.07, 6.45) is -9.42. The van der Waals surface area contributed by atoms with E-state index in [4.69, 9.17) is 0 Å². The Bertz CT molecular complexity index is 1900. The van der Waals surface area contributed by atoms with Crippen LogP contribution in [-0.4, -0.2) is 44.8 Å². The predicted octanol–water partition coefficient (Wildman–Crippen LogP) is 6.38. The third kappa shape index (κ3) is 7.20. The zero-order valence-electron chi connectivity index (χ0n) is 24.8. The number of alkyl halides is 6. The van der Waals surface area contributed by atoms with Crippen LogP contribution in [0.2, 0.25) is 0 Å². The van der Waals surface area contributed by atoms with Crippen LogP contribution in [0.1, 0.15) is 40.5 Å². The molecule has 4 rings (SSSR count). The van der Waals surface area contributed by atoms with Crippen LogP contribution in [0, 0.1) is 18.6 Å². The Morgan fingerprint density at radius 1 is 1.02 bits per heavy atom. The minimum atomic E-state index is -4.92. The van der Waals surface area contributed by atoms with Crippen LogP contribution < -0.4 is 16.2 Å². The van der Waals surface area contributed by atoms with E-state index in [0.29, 0.717) is 12.1 Å². The molecule has 2 unspecified atom stereocenters. The highest BCUT2D eigenvalue weighted by atomic mass is 19.4. The first-order valence-electron chi connectivity index (χ1n) is 13.9. The molecule has 0 bridgehead atoms. The van der Waals surface area contributed by atoms with Crippen molar-refractivity contribution in [3.05, 3.63) is 93.0 Å². The molecule has 250 valence electrons. The number of carbonyl (C=O) groups is 2. The maximum Gasteiger partial charge on any atom is 0.417 e. The van der Waals surface area contributed by atoms with E-state index in [0.717, 1.165) is 16.7 Å². The molecule has 0 fully saturated rings. The summed E-state index contributed by atoms with van der Waals surface area (Å²) in [5.41, 5.74) is -4.80. The standard InChI is InChI=1S/C31H26F8N4O4/c1-4-23(31(37,38)39)41-16-12-20(32)25(21(33)13-16)27(44)42-22(29(46)47)11-15-7-8-18(26-17(15)6-5-9-40-26)24-19(30(34,35)36)10-14(2)43(3)28(24)45/h5-10,12-13,22-23,41H,4,11H2,1-3H3,(H,42,44)(H,46,47). The molecule has 0 spiro atoms. The van der Waals surface area contributed by atoms with E-state index in [-0.39, 0.29) is 27.7 Å². The number of aromatic nitrogens is 2. The Labute approximate surface area is 261 Å². The molecule has 0 aliphatic rings. The Morgan fingerprint density at radius 3 is 2.21 bits per heavy atom. The molecular formula is C31H26F8N4O4. The Kier molecular flexibility index (Phi) is 9.64. The van der Waals surface area contributed by atoms with E-state index < -0.39 is 88.7 Å². The van der Waals surface area contributed by atoms with Gasteiger partial charge in [-0.25, -0.2) is 13.6 Å². The van der Waals surface area contributed by atoms with Gasteiger partial charge in [0, 0.05) is 42.0 Å². The second kappa shape index (κ2) is 13.0. The molecule has 47 heavy (non-hydrogen) atoms. The Balaban J connectivity index is 1.70. The maximum atomic E-state index is 14.8. The van der Waals surface area contributed by atoms with Crippen molar-refractivity contribution < 1.29 is 49.8 Å². The van der Waals surface area contributed by atoms with Gasteiger partial charge in [-0.3, -0.25) is 14.6 Å². The minimum Gasteiger partial charge on any atom is -0.480 e. The number of anilines is 1. The number of benzene rings is 2. The van der Waals surface area contributed by atoms with E-state index >= 15 is 0 Å². The summed E-state index contributed by atoms with van der Waals surface area (Å²) < 4.78 is 112. The van der Waals surface area contributed by atoms with Gasteiger partial charge in [0.25, 0.3) is 11.5 Å². The molecule has 0 aliphatic heterocycles. The number of halogens is 8. The number of amides is 1. The van der Waals surface area contributed by atoms with Crippen LogP contribution in [0.15, 0.2) is 53.5 Å². The van der Waals surface area contributed by atoms with Crippen molar-refractivity contribution in [2.75, 3.05) is 5.32 Å². The first-order valence-corrected chi connectivity index (χ1v) is 13.9. The number of carboxylic acids is 1. The van der Waals surface area contributed by atoms with Crippen LogP contribution in [-0.2, 0) is 24.4 Å². The van der Waals surface area contributed by atoms with Gasteiger partial charge in [-0.1, -0.05) is 25.1 Å². The quantitative estimate of drug-likeness (QED) is 0.178. The molecule has 8 nitrogen and oxygen atoms in total. The fourth-order valence-corrected chi connectivity index (χ4v) is 5.06. The van der Waals surface area contributed by atoms with E-state index in [1.165, 1.54) is 45.3 Å². The zero-order valence-corrected chi connectivity index (χ0v) is 24.8. The zero-order chi connectivity index (χ0) is 35.0. The fraction of sp³-hybridized carbons (Fsp3) is 0.290. The molecule has 0 saturated heterocycles. The van der Waals surface area contributed by atoms with Gasteiger partial charge in [0.05, 0.1) is 16.6 Å². The molecule has 3 N–H and O–H groups in total. The summed E-state index contributed by atoms with van der Waals surface area (Å²) in [5, 5.41) is 13.9. The summed E-state index contributed by atoms with van der Waals surface area (Å²) in [5.74, 6) is -6.31. The number of hydrogen-bond acceptors (Lipinski definition) is 5. The van der Waals surface area contributed by atoms with Gasteiger partial charge >= 0.3 is 18.3 Å². The van der Waals surface area contributed by atoms with Gasteiger partial charge in [-0.05, 0) is 43.2 Å². The largest absolute Gasteiger partial charge is 0.480 e. The van der Waals surface area contributed by atoms with Crippen LogP contribution in [0.4, 0.5) is 40.8 Å². The summed E-state index contributed by atoms with van der Waals surface area (Å²) >= 11 is 0. The number of carbonyl (C=O) groups excluding carboxylic acids is 1. The van der Waals surface area contributed by atoms with E-state index in [1.807, 2.05) is 10.6 Å². The number of nitrogens with zero attached hydrogens (tertiary/aromatic N) is 2. The molecule has 16 heteroatoms. The number of hydrogen-bond donors (Lipinski definition) is 3. The highest BCUT2D eigenvalue weighted by Gasteiger charge is 2.39. The van der Waals surface area contributed by atoms with Crippen molar-refractivity contribution in [3.63, 3.8) is 0 Å². The highest BCUT2D eigenvalue weighted by Crippen LogP contribution is 2.38. The Hall–Kier alpha value is -5.02. The second-order valence-electron chi connectivity index (χ2n) is 10.6. The van der Waals surface area contributed by atoms with E-state index in [2.05, 4.69) is 4.98 Å². The summed E-state index contributed by atoms with van der Waals surface area (Å²) in [6.45, 7) is 2.53. The number of rotatable bonds is 9. The number of pyridine rings is 2. The average Bonchev–Trinajstić information content (AvgIpc) is 2.97. The topological polar surface area (TPSA) is 113 Å². The van der Waals surface area contributed by atoms with Gasteiger partial charge in [-0.2, -0.15) is 26.3 Å². The van der Waals surface area contributed by atoms with Crippen molar-refractivity contribution in [2.24, 2.45) is 7.05 Å². The lowest BCUT2D eigenvalue weighted by molar-refractivity contribution is -0.143. The van der Waals surface area contributed by atoms with Crippen LogP contribution in [0.3, 0.4) is 0 Å². The minimum absolute atomic E-state index is 0.0465. The molecule has 0 saturated carbocycles. The van der Waals surface area contributed by atoms with Crippen molar-refractivity contribution in [3.8, 4) is 11.1 Å². The molecule has 2 heterocycles. The van der Waals surface area contributed by atoms with Gasteiger partial charge in [-0.15, -0.1) is 0 Å². The average molecular weight is 671 g/mol. The smallest absolute Gasteiger partial charge is 0.417 e. The molecule has 2 atom stereocenters. The van der Waals surface area contributed by atoms with Crippen LogP contribution >= 0.6 is 0 Å². The normalized spacial score (nSPS) is 13.3. The molecular weight excluding hydrogens is 644 g/mol. The molecule has 0 aliphatic carbocycles. The number of aliphatic carboxylic acids is 1. The van der Waals surface area contributed by atoms with Crippen molar-refractivity contribution >= 4 is 28.5 Å².